The lowest BCUT2D eigenvalue weighted by Crippen LogP contribution is -2.43. The van der Waals surface area contributed by atoms with Crippen LogP contribution in [0.1, 0.15) is 50.5 Å². The summed E-state index contributed by atoms with van der Waals surface area (Å²) < 4.78 is 0. The van der Waals surface area contributed by atoms with Crippen LogP contribution in [-0.4, -0.2) is 17.1 Å². The number of nitrogens with two attached hydrogens (primary N) is 1. The Bertz CT molecular complexity index is 420. The molecule has 1 aromatic rings. The fraction of sp³-hybridized carbons (Fsp3) is 0.562. The predicted molar refractivity (Wildman–Crippen MR) is 76.0 cm³/mol. The molecule has 1 aromatic carbocycles. The lowest BCUT2D eigenvalue weighted by molar-refractivity contribution is -0.140. The zero-order valence-corrected chi connectivity index (χ0v) is 11.5. The first-order chi connectivity index (χ1) is 9.03. The molecule has 1 saturated carbocycles. The topological polar surface area (TPSA) is 63.3 Å². The van der Waals surface area contributed by atoms with Crippen LogP contribution >= 0.6 is 0 Å². The van der Waals surface area contributed by atoms with Gasteiger partial charge in [-0.3, -0.25) is 4.79 Å². The third-order valence-corrected chi connectivity index (χ3v) is 4.72. The molecule has 1 fully saturated rings. The van der Waals surface area contributed by atoms with E-state index in [4.69, 9.17) is 10.8 Å². The summed E-state index contributed by atoms with van der Waals surface area (Å²) in [6, 6.07) is 10.4. The molecule has 2 rings (SSSR count). The van der Waals surface area contributed by atoms with Gasteiger partial charge in [0, 0.05) is 6.04 Å². The SMILES string of the molecule is CC(N)C1(CC(=O)O)CCC(c2ccccc2)CC1. The summed E-state index contributed by atoms with van der Waals surface area (Å²) in [6.07, 6.45) is 4.11. The Labute approximate surface area is 114 Å². The first-order valence-corrected chi connectivity index (χ1v) is 7.06. The van der Waals surface area contributed by atoms with Gasteiger partial charge in [0.05, 0.1) is 6.42 Å². The number of benzene rings is 1. The predicted octanol–water partition coefficient (Wildman–Crippen LogP) is 3.15. The molecule has 3 heteroatoms. The molecular formula is C16H23NO2. The number of carboxylic acids is 1. The highest BCUT2D eigenvalue weighted by molar-refractivity contribution is 5.67. The molecule has 0 aromatic heterocycles. The summed E-state index contributed by atoms with van der Waals surface area (Å²) in [6.45, 7) is 1.95. The molecule has 0 spiro atoms. The fourth-order valence-corrected chi connectivity index (χ4v) is 3.35. The van der Waals surface area contributed by atoms with Crippen molar-refractivity contribution in [1.29, 1.82) is 0 Å². The molecule has 1 atom stereocenters. The summed E-state index contributed by atoms with van der Waals surface area (Å²) in [5.74, 6) is -0.169. The van der Waals surface area contributed by atoms with Gasteiger partial charge in [0.2, 0.25) is 0 Å². The van der Waals surface area contributed by atoms with Crippen LogP contribution in [0, 0.1) is 5.41 Å². The maximum atomic E-state index is 11.1. The van der Waals surface area contributed by atoms with Gasteiger partial charge in [-0.05, 0) is 49.5 Å². The zero-order chi connectivity index (χ0) is 13.9. The Balaban J connectivity index is 2.06. The Morgan fingerprint density at radius 3 is 2.42 bits per heavy atom. The van der Waals surface area contributed by atoms with E-state index < -0.39 is 5.97 Å². The standard InChI is InChI=1S/C16H23NO2/c1-12(17)16(11-15(18)19)9-7-14(8-10-16)13-5-3-2-4-6-13/h2-6,12,14H,7-11,17H2,1H3,(H,18,19). The van der Waals surface area contributed by atoms with E-state index in [0.717, 1.165) is 25.7 Å². The fourth-order valence-electron chi connectivity index (χ4n) is 3.35. The molecule has 1 aliphatic carbocycles. The molecule has 1 aliphatic rings. The van der Waals surface area contributed by atoms with E-state index in [9.17, 15) is 4.79 Å². The van der Waals surface area contributed by atoms with Gasteiger partial charge in [-0.2, -0.15) is 0 Å². The van der Waals surface area contributed by atoms with Crippen LogP contribution in [0.5, 0.6) is 0 Å². The molecule has 0 saturated heterocycles. The van der Waals surface area contributed by atoms with Crippen molar-refractivity contribution in [3.8, 4) is 0 Å². The summed E-state index contributed by atoms with van der Waals surface area (Å²) >= 11 is 0. The highest BCUT2D eigenvalue weighted by atomic mass is 16.4. The van der Waals surface area contributed by atoms with Gasteiger partial charge in [-0.15, -0.1) is 0 Å². The van der Waals surface area contributed by atoms with Gasteiger partial charge < -0.3 is 10.8 Å². The number of aliphatic carboxylic acids is 1. The zero-order valence-electron chi connectivity index (χ0n) is 11.5. The van der Waals surface area contributed by atoms with Gasteiger partial charge >= 0.3 is 5.97 Å². The average Bonchev–Trinajstić information content (AvgIpc) is 2.39. The van der Waals surface area contributed by atoms with Crippen molar-refractivity contribution in [2.75, 3.05) is 0 Å². The third kappa shape index (κ3) is 3.16. The van der Waals surface area contributed by atoms with Crippen molar-refractivity contribution in [1.82, 2.24) is 0 Å². The normalized spacial score (nSPS) is 28.8. The molecule has 3 nitrogen and oxygen atoms in total. The van der Waals surface area contributed by atoms with Crippen LogP contribution in [0.15, 0.2) is 30.3 Å². The summed E-state index contributed by atoms with van der Waals surface area (Å²) in [4.78, 5) is 11.1. The molecular weight excluding hydrogens is 238 g/mol. The number of rotatable bonds is 4. The van der Waals surface area contributed by atoms with E-state index >= 15 is 0 Å². The minimum Gasteiger partial charge on any atom is -0.481 e. The maximum absolute atomic E-state index is 11.1. The van der Waals surface area contributed by atoms with Crippen molar-refractivity contribution < 1.29 is 9.90 Å². The summed E-state index contributed by atoms with van der Waals surface area (Å²) in [5, 5.41) is 9.11. The summed E-state index contributed by atoms with van der Waals surface area (Å²) in [7, 11) is 0. The third-order valence-electron chi connectivity index (χ3n) is 4.72. The van der Waals surface area contributed by atoms with Crippen molar-refractivity contribution in [3.63, 3.8) is 0 Å². The van der Waals surface area contributed by atoms with E-state index in [1.165, 1.54) is 5.56 Å². The molecule has 104 valence electrons. The summed E-state index contributed by atoms with van der Waals surface area (Å²) in [5.41, 5.74) is 7.23. The van der Waals surface area contributed by atoms with Gasteiger partial charge in [-0.1, -0.05) is 30.3 Å². The highest BCUT2D eigenvalue weighted by Gasteiger charge is 2.40. The van der Waals surface area contributed by atoms with E-state index in [-0.39, 0.29) is 17.9 Å². The van der Waals surface area contributed by atoms with E-state index in [0.29, 0.717) is 5.92 Å². The van der Waals surface area contributed by atoms with Crippen LogP contribution in [0.25, 0.3) is 0 Å². The van der Waals surface area contributed by atoms with Crippen LogP contribution in [0.3, 0.4) is 0 Å². The van der Waals surface area contributed by atoms with Crippen LogP contribution in [-0.2, 0) is 4.79 Å². The van der Waals surface area contributed by atoms with Gasteiger partial charge in [0.1, 0.15) is 0 Å². The first-order valence-electron chi connectivity index (χ1n) is 7.06. The minimum absolute atomic E-state index is 0.0553. The van der Waals surface area contributed by atoms with Gasteiger partial charge in [-0.25, -0.2) is 0 Å². The molecule has 0 radical (unpaired) electrons. The van der Waals surface area contributed by atoms with Crippen LogP contribution < -0.4 is 5.73 Å². The van der Waals surface area contributed by atoms with Crippen LogP contribution in [0.4, 0.5) is 0 Å². The number of carbonyl (C=O) groups is 1. The second kappa shape index (κ2) is 5.74. The second-order valence-corrected chi connectivity index (χ2v) is 5.91. The van der Waals surface area contributed by atoms with E-state index in [1.54, 1.807) is 0 Å². The molecule has 19 heavy (non-hydrogen) atoms. The van der Waals surface area contributed by atoms with Gasteiger partial charge in [0.25, 0.3) is 0 Å². The molecule has 0 aliphatic heterocycles. The smallest absolute Gasteiger partial charge is 0.303 e. The highest BCUT2D eigenvalue weighted by Crippen LogP contribution is 2.46. The quantitative estimate of drug-likeness (QED) is 0.875. The van der Waals surface area contributed by atoms with Crippen molar-refractivity contribution in [2.45, 2.75) is 51.0 Å². The first kappa shape index (κ1) is 14.1. The molecule has 3 N–H and O–H groups in total. The second-order valence-electron chi connectivity index (χ2n) is 5.91. The Morgan fingerprint density at radius 1 is 1.37 bits per heavy atom. The maximum Gasteiger partial charge on any atom is 0.303 e. The number of hydrogen-bond acceptors (Lipinski definition) is 2. The minimum atomic E-state index is -0.726. The van der Waals surface area contributed by atoms with E-state index in [2.05, 4.69) is 24.3 Å². The molecule has 1 unspecified atom stereocenters. The largest absolute Gasteiger partial charge is 0.481 e. The Morgan fingerprint density at radius 2 is 1.95 bits per heavy atom. The molecule has 0 heterocycles. The Hall–Kier alpha value is -1.35. The lowest BCUT2D eigenvalue weighted by atomic mass is 9.64. The monoisotopic (exact) mass is 261 g/mol. The van der Waals surface area contributed by atoms with E-state index in [1.807, 2.05) is 13.0 Å². The number of hydrogen-bond donors (Lipinski definition) is 2. The Kier molecular flexibility index (Phi) is 4.25. The van der Waals surface area contributed by atoms with Crippen molar-refractivity contribution in [3.05, 3.63) is 35.9 Å². The molecule has 0 amide bonds. The van der Waals surface area contributed by atoms with Gasteiger partial charge in [0.15, 0.2) is 0 Å². The van der Waals surface area contributed by atoms with Crippen molar-refractivity contribution >= 4 is 5.97 Å². The number of carboxylic acid groups (broad SMARTS) is 1. The molecule has 0 bridgehead atoms. The average molecular weight is 261 g/mol. The lowest BCUT2D eigenvalue weighted by Gasteiger charge is -2.42. The van der Waals surface area contributed by atoms with Crippen LogP contribution in [0.2, 0.25) is 0 Å². The van der Waals surface area contributed by atoms with Crippen molar-refractivity contribution in [2.24, 2.45) is 11.1 Å².